The van der Waals surface area contributed by atoms with Crippen LogP contribution in [0.3, 0.4) is 0 Å². The molecule has 0 aliphatic heterocycles. The first-order valence-electron chi connectivity index (χ1n) is 7.09. The van der Waals surface area contributed by atoms with Crippen LogP contribution < -0.4 is 0 Å². The van der Waals surface area contributed by atoms with E-state index in [1.54, 1.807) is 12.3 Å². The fourth-order valence-electron chi connectivity index (χ4n) is 2.45. The van der Waals surface area contributed by atoms with Gasteiger partial charge in [-0.05, 0) is 38.3 Å². The highest BCUT2D eigenvalue weighted by Crippen LogP contribution is 2.43. The van der Waals surface area contributed by atoms with E-state index in [4.69, 9.17) is 0 Å². The van der Waals surface area contributed by atoms with Crippen LogP contribution in [0.4, 0.5) is 8.78 Å². The van der Waals surface area contributed by atoms with E-state index in [9.17, 15) is 13.3 Å². The summed E-state index contributed by atoms with van der Waals surface area (Å²) >= 11 is -1.32. The minimum atomic E-state index is -2.73. The molecular weight excluding hydrogens is 292 g/mol. The molecule has 1 aliphatic rings. The standard InChI is InChI=1S/C16H21F2NOS/c1-11(10-19-21(20)15(2,3)4)12-6-5-7-14-13(12)8-9-16(14,17)18/h5-7,10-11H,8-9H2,1-4H3/b19-10-/t11?,21-/m1/s1. The lowest BCUT2D eigenvalue weighted by Crippen LogP contribution is -2.26. The molecular formula is C16H21F2NOS. The SMILES string of the molecule is CC(/C=N\[S@+]([O-])C(C)(C)C)c1cccc2c1CCC2(F)F. The van der Waals surface area contributed by atoms with Gasteiger partial charge in [-0.3, -0.25) is 0 Å². The quantitative estimate of drug-likeness (QED) is 0.603. The maximum atomic E-state index is 13.8. The van der Waals surface area contributed by atoms with Crippen LogP contribution in [0.15, 0.2) is 22.6 Å². The summed E-state index contributed by atoms with van der Waals surface area (Å²) in [6.45, 7) is 7.46. The highest BCUT2D eigenvalue weighted by atomic mass is 32.2. The second kappa shape index (κ2) is 5.69. The summed E-state index contributed by atoms with van der Waals surface area (Å²) in [6.07, 6.45) is 1.88. The van der Waals surface area contributed by atoms with Crippen molar-refractivity contribution in [3.05, 3.63) is 34.9 Å². The Morgan fingerprint density at radius 1 is 1.38 bits per heavy atom. The summed E-state index contributed by atoms with van der Waals surface area (Å²) in [4.78, 5) is 0. The van der Waals surface area contributed by atoms with Crippen LogP contribution in [-0.2, 0) is 23.7 Å². The monoisotopic (exact) mass is 313 g/mol. The van der Waals surface area contributed by atoms with Gasteiger partial charge in [0.2, 0.25) is 0 Å². The maximum absolute atomic E-state index is 13.8. The summed E-state index contributed by atoms with van der Waals surface area (Å²) in [6, 6.07) is 5.03. The normalized spacial score (nSPS) is 20.5. The van der Waals surface area contributed by atoms with Gasteiger partial charge in [-0.1, -0.05) is 29.5 Å². The largest absolute Gasteiger partial charge is 0.591 e. The van der Waals surface area contributed by atoms with Gasteiger partial charge in [-0.2, -0.15) is 0 Å². The van der Waals surface area contributed by atoms with E-state index in [0.29, 0.717) is 6.42 Å². The third-order valence-corrected chi connectivity index (χ3v) is 5.05. The van der Waals surface area contributed by atoms with Gasteiger partial charge in [0.05, 0.1) is 6.21 Å². The molecule has 1 unspecified atom stereocenters. The molecule has 0 fully saturated rings. The molecule has 5 heteroatoms. The lowest BCUT2D eigenvalue weighted by molar-refractivity contribution is -0.00184. The van der Waals surface area contributed by atoms with Gasteiger partial charge in [0.15, 0.2) is 0 Å². The minimum absolute atomic E-state index is 0.125. The van der Waals surface area contributed by atoms with Gasteiger partial charge in [-0.15, -0.1) is 0 Å². The Morgan fingerprint density at radius 3 is 2.67 bits per heavy atom. The third kappa shape index (κ3) is 3.46. The predicted octanol–water partition coefficient (Wildman–Crippen LogP) is 4.36. The van der Waals surface area contributed by atoms with Crippen LogP contribution in [0.2, 0.25) is 0 Å². The molecule has 1 aromatic carbocycles. The van der Waals surface area contributed by atoms with Crippen molar-refractivity contribution in [1.29, 1.82) is 0 Å². The molecule has 0 saturated heterocycles. The second-order valence-electron chi connectivity index (χ2n) is 6.48. The van der Waals surface area contributed by atoms with E-state index in [2.05, 4.69) is 4.40 Å². The molecule has 1 aromatic rings. The lowest BCUT2D eigenvalue weighted by Gasteiger charge is -2.19. The van der Waals surface area contributed by atoms with E-state index in [-0.39, 0.29) is 17.9 Å². The number of alkyl halides is 2. The van der Waals surface area contributed by atoms with Crippen molar-refractivity contribution in [2.75, 3.05) is 0 Å². The molecule has 0 bridgehead atoms. The fourth-order valence-corrected chi connectivity index (χ4v) is 3.06. The Hall–Kier alpha value is -0.940. The van der Waals surface area contributed by atoms with Gasteiger partial charge in [0, 0.05) is 17.9 Å². The molecule has 1 aliphatic carbocycles. The molecule has 0 amide bonds. The molecule has 0 N–H and O–H groups in total. The molecule has 21 heavy (non-hydrogen) atoms. The summed E-state index contributed by atoms with van der Waals surface area (Å²) in [5, 5.41) is 0. The summed E-state index contributed by atoms with van der Waals surface area (Å²) in [7, 11) is 0. The highest BCUT2D eigenvalue weighted by molar-refractivity contribution is 7.91. The molecule has 2 nitrogen and oxygen atoms in total. The van der Waals surface area contributed by atoms with Crippen molar-refractivity contribution >= 4 is 17.6 Å². The molecule has 0 saturated carbocycles. The third-order valence-electron chi connectivity index (χ3n) is 3.69. The first-order chi connectivity index (χ1) is 9.63. The van der Waals surface area contributed by atoms with Crippen molar-refractivity contribution < 1.29 is 13.3 Å². The van der Waals surface area contributed by atoms with Gasteiger partial charge < -0.3 is 4.55 Å². The fraction of sp³-hybridized carbons (Fsp3) is 0.562. The lowest BCUT2D eigenvalue weighted by atomic mass is 9.94. The van der Waals surface area contributed by atoms with Gasteiger partial charge in [-0.25, -0.2) is 8.78 Å². The van der Waals surface area contributed by atoms with E-state index >= 15 is 0 Å². The van der Waals surface area contributed by atoms with Gasteiger partial charge in [0.25, 0.3) is 5.92 Å². The zero-order chi connectivity index (χ0) is 15.8. The Morgan fingerprint density at radius 2 is 2.05 bits per heavy atom. The average molecular weight is 313 g/mol. The number of hydrogen-bond donors (Lipinski definition) is 0. The zero-order valence-corrected chi connectivity index (χ0v) is 13.6. The first-order valence-corrected chi connectivity index (χ1v) is 8.20. The Kier molecular flexibility index (Phi) is 4.45. The number of nitrogens with zero attached hydrogens (tertiary/aromatic N) is 1. The van der Waals surface area contributed by atoms with Crippen LogP contribution in [0, 0.1) is 0 Å². The van der Waals surface area contributed by atoms with E-state index in [1.165, 1.54) is 6.07 Å². The van der Waals surface area contributed by atoms with E-state index < -0.39 is 22.0 Å². The average Bonchev–Trinajstić information content (AvgIpc) is 2.70. The van der Waals surface area contributed by atoms with Crippen molar-refractivity contribution in [1.82, 2.24) is 0 Å². The van der Waals surface area contributed by atoms with Crippen molar-refractivity contribution in [2.24, 2.45) is 4.40 Å². The molecule has 0 heterocycles. The maximum Gasteiger partial charge on any atom is 0.273 e. The van der Waals surface area contributed by atoms with Crippen LogP contribution in [0.1, 0.15) is 56.7 Å². The Balaban J connectivity index is 2.24. The van der Waals surface area contributed by atoms with E-state index in [0.717, 1.165) is 11.1 Å². The molecule has 0 spiro atoms. The molecule has 116 valence electrons. The van der Waals surface area contributed by atoms with Gasteiger partial charge in [0.1, 0.15) is 16.1 Å². The van der Waals surface area contributed by atoms with Crippen molar-refractivity contribution in [3.63, 3.8) is 0 Å². The number of hydrogen-bond acceptors (Lipinski definition) is 2. The number of benzene rings is 1. The smallest absolute Gasteiger partial charge is 0.273 e. The topological polar surface area (TPSA) is 35.4 Å². The van der Waals surface area contributed by atoms with Crippen LogP contribution in [0.25, 0.3) is 0 Å². The minimum Gasteiger partial charge on any atom is -0.591 e. The van der Waals surface area contributed by atoms with Crippen LogP contribution >= 0.6 is 0 Å². The number of halogens is 2. The van der Waals surface area contributed by atoms with Gasteiger partial charge >= 0.3 is 0 Å². The number of fused-ring (bicyclic) bond motifs is 1. The van der Waals surface area contributed by atoms with Crippen LogP contribution in [0.5, 0.6) is 0 Å². The summed E-state index contributed by atoms with van der Waals surface area (Å²) in [5.74, 6) is -2.85. The Labute approximate surface area is 128 Å². The van der Waals surface area contributed by atoms with E-state index in [1.807, 2.05) is 33.8 Å². The highest BCUT2D eigenvalue weighted by Gasteiger charge is 2.40. The number of rotatable bonds is 3. The van der Waals surface area contributed by atoms with Crippen LogP contribution in [-0.4, -0.2) is 15.5 Å². The zero-order valence-electron chi connectivity index (χ0n) is 12.8. The summed E-state index contributed by atoms with van der Waals surface area (Å²) < 4.78 is 43.1. The molecule has 2 rings (SSSR count). The second-order valence-corrected chi connectivity index (χ2v) is 8.42. The summed E-state index contributed by atoms with van der Waals surface area (Å²) in [5.41, 5.74) is 1.72. The predicted molar refractivity (Wildman–Crippen MR) is 83.5 cm³/mol. The Bertz CT molecular complexity index is 552. The molecule has 0 aromatic heterocycles. The van der Waals surface area contributed by atoms with Crippen molar-refractivity contribution in [2.45, 2.75) is 57.1 Å². The van der Waals surface area contributed by atoms with Crippen molar-refractivity contribution in [3.8, 4) is 0 Å². The molecule has 0 radical (unpaired) electrons. The molecule has 2 atom stereocenters. The first kappa shape index (κ1) is 16.4.